The third-order valence-corrected chi connectivity index (χ3v) is 6.47. The number of rotatable bonds is 6. The number of H-pyrrole nitrogens is 1. The fourth-order valence-corrected chi connectivity index (χ4v) is 4.81. The molecule has 0 aliphatic heterocycles. The van der Waals surface area contributed by atoms with Crippen LogP contribution in [0.5, 0.6) is 0 Å². The molecule has 2 aromatic carbocycles. The molecule has 0 aliphatic carbocycles. The number of nitrogens with zero attached hydrogens (tertiary/aromatic N) is 1. The predicted octanol–water partition coefficient (Wildman–Crippen LogP) is 4.73. The third kappa shape index (κ3) is 4.83. The van der Waals surface area contributed by atoms with E-state index in [-0.39, 0.29) is 29.6 Å². The van der Waals surface area contributed by atoms with Crippen LogP contribution in [-0.4, -0.2) is 21.1 Å². The first-order valence-electron chi connectivity index (χ1n) is 9.37. The largest absolute Gasteiger partial charge is 0.351 e. The maximum absolute atomic E-state index is 13.2. The molecule has 158 valence electrons. The Bertz CT molecular complexity index is 1290. The summed E-state index contributed by atoms with van der Waals surface area (Å²) in [5.41, 5.74) is 1.89. The second kappa shape index (κ2) is 8.99. The molecule has 2 heterocycles. The van der Waals surface area contributed by atoms with Crippen molar-refractivity contribution in [1.29, 1.82) is 0 Å². The topological polar surface area (TPSA) is 74.8 Å². The first-order chi connectivity index (χ1) is 14.9. The average Bonchev–Trinajstić information content (AvgIpc) is 3.18. The van der Waals surface area contributed by atoms with Crippen LogP contribution < -0.4 is 10.9 Å². The maximum Gasteiger partial charge on any atom is 0.260 e. The molecular weight excluding hydrogens is 440 g/mol. The zero-order valence-electron chi connectivity index (χ0n) is 16.3. The lowest BCUT2D eigenvalue weighted by Gasteiger charge is -2.11. The summed E-state index contributed by atoms with van der Waals surface area (Å²) in [6.45, 7) is 1.99. The highest BCUT2D eigenvalue weighted by atomic mass is 32.2. The van der Waals surface area contributed by atoms with Gasteiger partial charge in [-0.3, -0.25) is 9.59 Å². The molecule has 0 aliphatic rings. The van der Waals surface area contributed by atoms with E-state index < -0.39 is 5.25 Å². The number of nitrogens with one attached hydrogen (secondary N) is 2. The zero-order chi connectivity index (χ0) is 22.0. The van der Waals surface area contributed by atoms with Crippen LogP contribution in [0.15, 0.2) is 63.9 Å². The number of aromatic nitrogens is 2. The lowest BCUT2D eigenvalue weighted by atomic mass is 10.1. The highest BCUT2D eigenvalue weighted by Crippen LogP contribution is 2.32. The summed E-state index contributed by atoms with van der Waals surface area (Å²) < 4.78 is 26.2. The number of halogens is 2. The van der Waals surface area contributed by atoms with Gasteiger partial charge in [0, 0.05) is 17.5 Å². The van der Waals surface area contributed by atoms with Crippen LogP contribution in [0.25, 0.3) is 21.3 Å². The van der Waals surface area contributed by atoms with Crippen molar-refractivity contribution in [2.75, 3.05) is 0 Å². The molecule has 0 saturated heterocycles. The number of hydrogen-bond acceptors (Lipinski definition) is 5. The molecule has 4 rings (SSSR count). The normalized spacial score (nSPS) is 12.1. The van der Waals surface area contributed by atoms with E-state index in [4.69, 9.17) is 0 Å². The first-order valence-corrected chi connectivity index (χ1v) is 11.1. The Kier molecular flexibility index (Phi) is 6.15. The second-order valence-corrected chi connectivity index (χ2v) is 9.00. The number of fused-ring (bicyclic) bond motifs is 1. The van der Waals surface area contributed by atoms with Gasteiger partial charge in [0.25, 0.3) is 5.56 Å². The van der Waals surface area contributed by atoms with E-state index in [0.29, 0.717) is 20.9 Å². The van der Waals surface area contributed by atoms with Crippen LogP contribution in [0.3, 0.4) is 0 Å². The van der Waals surface area contributed by atoms with Gasteiger partial charge in [-0.25, -0.2) is 13.8 Å². The summed E-state index contributed by atoms with van der Waals surface area (Å²) >= 11 is 2.46. The number of carbonyl (C=O) groups excluding carboxylic acids is 1. The molecule has 9 heteroatoms. The van der Waals surface area contributed by atoms with Gasteiger partial charge in [0.2, 0.25) is 5.91 Å². The van der Waals surface area contributed by atoms with Crippen LogP contribution in [-0.2, 0) is 11.3 Å². The molecule has 1 atom stereocenters. The lowest BCUT2D eigenvalue weighted by molar-refractivity contribution is -0.120. The van der Waals surface area contributed by atoms with E-state index >= 15 is 0 Å². The van der Waals surface area contributed by atoms with E-state index in [0.717, 1.165) is 22.9 Å². The summed E-state index contributed by atoms with van der Waals surface area (Å²) in [6.07, 6.45) is 0. The van der Waals surface area contributed by atoms with Crippen LogP contribution in [0.4, 0.5) is 8.78 Å². The molecule has 31 heavy (non-hydrogen) atoms. The van der Waals surface area contributed by atoms with Gasteiger partial charge >= 0.3 is 0 Å². The van der Waals surface area contributed by atoms with E-state index in [9.17, 15) is 18.4 Å². The molecule has 0 saturated carbocycles. The Balaban J connectivity index is 1.48. The number of hydrogen-bond donors (Lipinski definition) is 2. The number of amides is 1. The summed E-state index contributed by atoms with van der Waals surface area (Å²) in [7, 11) is 0. The minimum atomic E-state index is -0.502. The molecule has 2 N–H and O–H groups in total. The Labute approximate surface area is 184 Å². The van der Waals surface area contributed by atoms with Crippen molar-refractivity contribution in [3.05, 3.63) is 81.5 Å². The maximum atomic E-state index is 13.2. The van der Waals surface area contributed by atoms with Gasteiger partial charge in [0.15, 0.2) is 5.16 Å². The van der Waals surface area contributed by atoms with Gasteiger partial charge in [-0.05, 0) is 42.3 Å². The van der Waals surface area contributed by atoms with Crippen molar-refractivity contribution in [1.82, 2.24) is 15.3 Å². The molecular formula is C22H17F2N3O2S2. The number of benzene rings is 2. The van der Waals surface area contributed by atoms with E-state index in [1.54, 1.807) is 31.2 Å². The van der Waals surface area contributed by atoms with Gasteiger partial charge in [0.05, 0.1) is 10.6 Å². The monoisotopic (exact) mass is 457 g/mol. The molecule has 0 spiro atoms. The van der Waals surface area contributed by atoms with Gasteiger partial charge in [-0.15, -0.1) is 11.3 Å². The SMILES string of the molecule is CC(Sc1nc2scc(-c3ccc(F)cc3)c2c(=O)[nH]1)C(=O)NCc1ccc(F)cc1. The number of thiophene rings is 1. The van der Waals surface area contributed by atoms with Crippen molar-refractivity contribution in [2.24, 2.45) is 0 Å². The van der Waals surface area contributed by atoms with Crippen LogP contribution in [0.1, 0.15) is 12.5 Å². The number of thioether (sulfide) groups is 1. The molecule has 0 bridgehead atoms. The van der Waals surface area contributed by atoms with Gasteiger partial charge in [-0.2, -0.15) is 0 Å². The lowest BCUT2D eigenvalue weighted by Crippen LogP contribution is -2.30. The highest BCUT2D eigenvalue weighted by molar-refractivity contribution is 8.00. The van der Waals surface area contributed by atoms with Crippen molar-refractivity contribution in [3.63, 3.8) is 0 Å². The second-order valence-electron chi connectivity index (χ2n) is 6.81. The quantitative estimate of drug-likeness (QED) is 0.324. The molecule has 0 fully saturated rings. The Hall–Kier alpha value is -3.04. The van der Waals surface area contributed by atoms with Crippen LogP contribution in [0, 0.1) is 11.6 Å². The third-order valence-electron chi connectivity index (χ3n) is 4.62. The highest BCUT2D eigenvalue weighted by Gasteiger charge is 2.18. The van der Waals surface area contributed by atoms with E-state index in [1.807, 2.05) is 5.38 Å². The minimum absolute atomic E-state index is 0.227. The molecule has 1 amide bonds. The average molecular weight is 458 g/mol. The summed E-state index contributed by atoms with van der Waals surface area (Å²) in [4.78, 5) is 32.9. The molecule has 4 aromatic rings. The smallest absolute Gasteiger partial charge is 0.260 e. The van der Waals surface area contributed by atoms with E-state index in [1.165, 1.54) is 35.6 Å². The fourth-order valence-electron chi connectivity index (χ4n) is 2.98. The Morgan fingerprint density at radius 2 is 1.77 bits per heavy atom. The Morgan fingerprint density at radius 3 is 2.45 bits per heavy atom. The molecule has 5 nitrogen and oxygen atoms in total. The molecule has 0 radical (unpaired) electrons. The summed E-state index contributed by atoms with van der Waals surface area (Å²) in [6, 6.07) is 11.8. The van der Waals surface area contributed by atoms with Crippen molar-refractivity contribution in [2.45, 2.75) is 23.9 Å². The van der Waals surface area contributed by atoms with Crippen molar-refractivity contribution >= 4 is 39.2 Å². The Morgan fingerprint density at radius 1 is 1.13 bits per heavy atom. The van der Waals surface area contributed by atoms with E-state index in [2.05, 4.69) is 15.3 Å². The minimum Gasteiger partial charge on any atom is -0.351 e. The first kappa shape index (κ1) is 21.2. The van der Waals surface area contributed by atoms with Gasteiger partial charge in [-0.1, -0.05) is 36.0 Å². The molecule has 1 unspecified atom stereocenters. The summed E-state index contributed by atoms with van der Waals surface area (Å²) in [5, 5.41) is 4.88. The number of carbonyl (C=O) groups is 1. The van der Waals surface area contributed by atoms with Crippen LogP contribution in [0.2, 0.25) is 0 Å². The standard InChI is InChI=1S/C22H17F2N3O2S2/c1-12(19(28)25-10-13-2-6-15(23)7-3-13)31-22-26-20(29)18-17(11-30-21(18)27-22)14-4-8-16(24)9-5-14/h2-9,11-12H,10H2,1H3,(H,25,28)(H,26,27,29). The molecule has 2 aromatic heterocycles. The van der Waals surface area contributed by atoms with Crippen LogP contribution >= 0.6 is 23.1 Å². The number of aromatic amines is 1. The predicted molar refractivity (Wildman–Crippen MR) is 119 cm³/mol. The zero-order valence-corrected chi connectivity index (χ0v) is 17.9. The van der Waals surface area contributed by atoms with Crippen molar-refractivity contribution in [3.8, 4) is 11.1 Å². The van der Waals surface area contributed by atoms with Gasteiger partial charge in [0.1, 0.15) is 16.5 Å². The van der Waals surface area contributed by atoms with Gasteiger partial charge < -0.3 is 10.3 Å². The summed E-state index contributed by atoms with van der Waals surface area (Å²) in [5.74, 6) is -0.906. The van der Waals surface area contributed by atoms with Crippen molar-refractivity contribution < 1.29 is 13.6 Å². The fraction of sp³-hybridized carbons (Fsp3) is 0.136.